The maximum absolute atomic E-state index is 13.1. The first-order valence-electron chi connectivity index (χ1n) is 10.6. The van der Waals surface area contributed by atoms with Crippen molar-refractivity contribution in [3.05, 3.63) is 75.6 Å². The minimum absolute atomic E-state index is 0.0660. The van der Waals surface area contributed by atoms with Gasteiger partial charge in [-0.1, -0.05) is 18.2 Å². The lowest BCUT2D eigenvalue weighted by molar-refractivity contribution is -0.384. The van der Waals surface area contributed by atoms with Gasteiger partial charge in [0.15, 0.2) is 0 Å². The lowest BCUT2D eigenvalue weighted by atomic mass is 10.1. The molecule has 0 heterocycles. The number of thioether (sulfide) groups is 1. The Bertz CT molecular complexity index is 1020. The van der Waals surface area contributed by atoms with E-state index in [-0.39, 0.29) is 36.7 Å². The van der Waals surface area contributed by atoms with E-state index in [1.807, 2.05) is 6.26 Å². The van der Waals surface area contributed by atoms with Crippen molar-refractivity contribution in [3.63, 3.8) is 0 Å². The lowest BCUT2D eigenvalue weighted by Crippen LogP contribution is -2.51. The molecule has 0 bridgehead atoms. The van der Waals surface area contributed by atoms with E-state index in [2.05, 4.69) is 10.6 Å². The number of nitrogens with one attached hydrogen (secondary N) is 2. The molecule has 182 valence electrons. The Morgan fingerprint density at radius 2 is 1.88 bits per heavy atom. The average Bonchev–Trinajstić information content (AvgIpc) is 2.84. The monoisotopic (exact) mass is 490 g/mol. The molecule has 0 aliphatic carbocycles. The van der Waals surface area contributed by atoms with Crippen LogP contribution in [-0.2, 0) is 16.1 Å². The summed E-state index contributed by atoms with van der Waals surface area (Å²) in [6.07, 6.45) is 2.19. The third-order valence-corrected chi connectivity index (χ3v) is 5.61. The van der Waals surface area contributed by atoms with E-state index in [1.165, 1.54) is 47.0 Å². The predicted octanol–water partition coefficient (Wildman–Crippen LogP) is 2.75. The number of hydrogen-bond donors (Lipinski definition) is 2. The molecule has 3 amide bonds. The van der Waals surface area contributed by atoms with Gasteiger partial charge >= 0.3 is 0 Å². The summed E-state index contributed by atoms with van der Waals surface area (Å²) in [5.41, 5.74) is 0.551. The van der Waals surface area contributed by atoms with Crippen LogP contribution in [0.5, 0.6) is 0 Å². The highest BCUT2D eigenvalue weighted by molar-refractivity contribution is 7.98. The van der Waals surface area contributed by atoms with Crippen LogP contribution in [0.25, 0.3) is 0 Å². The first-order chi connectivity index (χ1) is 16.2. The first kappa shape index (κ1) is 26.8. The molecule has 0 aliphatic rings. The van der Waals surface area contributed by atoms with E-state index in [4.69, 9.17) is 0 Å². The molecule has 2 rings (SSSR count). The summed E-state index contributed by atoms with van der Waals surface area (Å²) in [5.74, 6) is -1.22. The summed E-state index contributed by atoms with van der Waals surface area (Å²) in [7, 11) is 0. The standard InChI is InChI=1S/C23H27FN4O5S/c1-3-27(15-21(29)25-14-16-7-9-18(24)10-8-16)23(31)20(11-12-34-2)26-22(30)17-5-4-6-19(13-17)28(32)33/h4-10,13,20H,3,11-12,14-15H2,1-2H3,(H,25,29)(H,26,30). The molecule has 1 unspecified atom stereocenters. The molecule has 0 radical (unpaired) electrons. The van der Waals surface area contributed by atoms with Gasteiger partial charge in [0.1, 0.15) is 11.9 Å². The van der Waals surface area contributed by atoms with Gasteiger partial charge in [0, 0.05) is 30.8 Å². The van der Waals surface area contributed by atoms with Gasteiger partial charge in [-0.3, -0.25) is 24.5 Å². The zero-order chi connectivity index (χ0) is 25.1. The summed E-state index contributed by atoms with van der Waals surface area (Å²) in [6.45, 7) is 1.94. The highest BCUT2D eigenvalue weighted by Crippen LogP contribution is 2.14. The van der Waals surface area contributed by atoms with E-state index in [0.717, 1.165) is 6.07 Å². The maximum atomic E-state index is 13.1. The first-order valence-corrected chi connectivity index (χ1v) is 12.0. The van der Waals surface area contributed by atoms with Crippen LogP contribution in [0.15, 0.2) is 48.5 Å². The van der Waals surface area contributed by atoms with Crippen molar-refractivity contribution in [2.24, 2.45) is 0 Å². The predicted molar refractivity (Wildman–Crippen MR) is 128 cm³/mol. The Hall–Kier alpha value is -3.47. The molecule has 34 heavy (non-hydrogen) atoms. The lowest BCUT2D eigenvalue weighted by Gasteiger charge is -2.26. The Morgan fingerprint density at radius 3 is 2.50 bits per heavy atom. The second-order valence-electron chi connectivity index (χ2n) is 7.37. The summed E-state index contributed by atoms with van der Waals surface area (Å²) >= 11 is 1.50. The molecule has 0 spiro atoms. The van der Waals surface area contributed by atoms with Crippen molar-refractivity contribution in [2.75, 3.05) is 25.1 Å². The van der Waals surface area contributed by atoms with Crippen LogP contribution in [0.4, 0.5) is 10.1 Å². The molecule has 0 aromatic heterocycles. The molecule has 11 heteroatoms. The maximum Gasteiger partial charge on any atom is 0.270 e. The quantitative estimate of drug-likeness (QED) is 0.349. The number of rotatable bonds is 12. The Kier molecular flexibility index (Phi) is 10.5. The number of likely N-dealkylation sites (N-methyl/N-ethyl adjacent to an activating group) is 1. The molecule has 9 nitrogen and oxygen atoms in total. The number of benzene rings is 2. The Morgan fingerprint density at radius 1 is 1.18 bits per heavy atom. The number of carbonyl (C=O) groups is 3. The Labute approximate surface area is 201 Å². The van der Waals surface area contributed by atoms with E-state index in [9.17, 15) is 28.9 Å². The molecular weight excluding hydrogens is 463 g/mol. The van der Waals surface area contributed by atoms with Crippen molar-refractivity contribution in [1.29, 1.82) is 0 Å². The SMILES string of the molecule is CCN(CC(=O)NCc1ccc(F)cc1)C(=O)C(CCSC)NC(=O)c1cccc([N+](=O)[O-])c1. The summed E-state index contributed by atoms with van der Waals surface area (Å²) in [4.78, 5) is 50.0. The summed E-state index contributed by atoms with van der Waals surface area (Å²) in [5, 5.41) is 16.3. The van der Waals surface area contributed by atoms with Gasteiger partial charge in [0.05, 0.1) is 11.5 Å². The van der Waals surface area contributed by atoms with E-state index in [0.29, 0.717) is 17.7 Å². The topological polar surface area (TPSA) is 122 Å². The number of nitro benzene ring substituents is 1. The van der Waals surface area contributed by atoms with Crippen molar-refractivity contribution in [3.8, 4) is 0 Å². The van der Waals surface area contributed by atoms with E-state index in [1.54, 1.807) is 19.1 Å². The highest BCUT2D eigenvalue weighted by atomic mass is 32.2. The Balaban J connectivity index is 2.04. The second kappa shape index (κ2) is 13.3. The number of nitrogens with zero attached hydrogens (tertiary/aromatic N) is 2. The molecule has 2 aromatic carbocycles. The second-order valence-corrected chi connectivity index (χ2v) is 8.36. The van der Waals surface area contributed by atoms with Crippen LogP contribution in [0, 0.1) is 15.9 Å². The average molecular weight is 491 g/mol. The van der Waals surface area contributed by atoms with Gasteiger partial charge in [-0.15, -0.1) is 0 Å². The fourth-order valence-corrected chi connectivity index (χ4v) is 3.56. The van der Waals surface area contributed by atoms with Crippen molar-refractivity contribution in [1.82, 2.24) is 15.5 Å². The zero-order valence-corrected chi connectivity index (χ0v) is 19.8. The third-order valence-electron chi connectivity index (χ3n) is 4.96. The van der Waals surface area contributed by atoms with Gasteiger partial charge in [-0.05, 0) is 49.1 Å². The third kappa shape index (κ3) is 8.14. The van der Waals surface area contributed by atoms with E-state index >= 15 is 0 Å². The van der Waals surface area contributed by atoms with Crippen LogP contribution in [-0.4, -0.2) is 58.7 Å². The van der Waals surface area contributed by atoms with Crippen LogP contribution in [0.1, 0.15) is 29.3 Å². The minimum Gasteiger partial charge on any atom is -0.350 e. The van der Waals surface area contributed by atoms with Crippen molar-refractivity contribution in [2.45, 2.75) is 25.9 Å². The van der Waals surface area contributed by atoms with Crippen LogP contribution < -0.4 is 10.6 Å². The number of nitro groups is 1. The van der Waals surface area contributed by atoms with Gasteiger partial charge < -0.3 is 15.5 Å². The molecule has 1 atom stereocenters. The highest BCUT2D eigenvalue weighted by Gasteiger charge is 2.27. The molecule has 0 aliphatic heterocycles. The molecular formula is C23H27FN4O5S. The van der Waals surface area contributed by atoms with Gasteiger partial charge in [-0.2, -0.15) is 11.8 Å². The van der Waals surface area contributed by atoms with Crippen molar-refractivity contribution >= 4 is 35.2 Å². The number of amides is 3. The number of halogens is 1. The minimum atomic E-state index is -0.899. The summed E-state index contributed by atoms with van der Waals surface area (Å²) in [6, 6.07) is 10.1. The smallest absolute Gasteiger partial charge is 0.270 e. The number of hydrogen-bond acceptors (Lipinski definition) is 6. The molecule has 2 N–H and O–H groups in total. The van der Waals surface area contributed by atoms with Gasteiger partial charge in [-0.25, -0.2) is 4.39 Å². The van der Waals surface area contributed by atoms with Gasteiger partial charge in [0.25, 0.3) is 11.6 Å². The van der Waals surface area contributed by atoms with Crippen LogP contribution >= 0.6 is 11.8 Å². The van der Waals surface area contributed by atoms with E-state index < -0.39 is 28.7 Å². The number of non-ortho nitro benzene ring substituents is 1. The molecule has 2 aromatic rings. The fraction of sp³-hybridized carbons (Fsp3) is 0.348. The van der Waals surface area contributed by atoms with Crippen molar-refractivity contribution < 1.29 is 23.7 Å². The fourth-order valence-electron chi connectivity index (χ4n) is 3.09. The largest absolute Gasteiger partial charge is 0.350 e. The van der Waals surface area contributed by atoms with Crippen LogP contribution in [0.3, 0.4) is 0 Å². The molecule has 0 saturated carbocycles. The number of carbonyl (C=O) groups excluding carboxylic acids is 3. The normalized spacial score (nSPS) is 11.4. The summed E-state index contributed by atoms with van der Waals surface area (Å²) < 4.78 is 13.0. The molecule has 0 saturated heterocycles. The zero-order valence-electron chi connectivity index (χ0n) is 19.0. The van der Waals surface area contributed by atoms with Crippen LogP contribution in [0.2, 0.25) is 0 Å². The van der Waals surface area contributed by atoms with Gasteiger partial charge in [0.2, 0.25) is 11.8 Å². The molecule has 0 fully saturated rings.